The Bertz CT molecular complexity index is 1880. The lowest BCUT2D eigenvalue weighted by atomic mass is 9.96. The largest absolute Gasteiger partial charge is 0.490 e. The molecular formula is C36H36Cl2F4N4O7. The van der Waals surface area contributed by atoms with E-state index < -0.39 is 23.9 Å². The zero-order valence-corrected chi connectivity index (χ0v) is 30.2. The average Bonchev–Trinajstić information content (AvgIpc) is 3.36. The number of hydrogen-bond donors (Lipinski definition) is 2. The number of carbonyl (C=O) groups excluding carboxylic acids is 2. The predicted octanol–water partition coefficient (Wildman–Crippen LogP) is 6.38. The molecule has 3 fully saturated rings. The zero-order chi connectivity index (χ0) is 38.2. The first-order valence-corrected chi connectivity index (χ1v) is 17.5. The third kappa shape index (κ3) is 7.84. The molecule has 4 aliphatic heterocycles. The molecule has 3 aromatic carbocycles. The third-order valence-electron chi connectivity index (χ3n) is 9.73. The number of rotatable bonds is 5. The highest BCUT2D eigenvalue weighted by molar-refractivity contribution is 6.40. The Morgan fingerprint density at radius 3 is 2.28 bits per heavy atom. The van der Waals surface area contributed by atoms with E-state index in [1.54, 1.807) is 30.3 Å². The maximum atomic E-state index is 15.9. The van der Waals surface area contributed by atoms with Gasteiger partial charge in [-0.2, -0.15) is 13.2 Å². The van der Waals surface area contributed by atoms with Crippen molar-refractivity contribution in [1.29, 1.82) is 0 Å². The van der Waals surface area contributed by atoms with E-state index in [1.165, 1.54) is 18.1 Å². The molecule has 0 aliphatic carbocycles. The van der Waals surface area contributed by atoms with Gasteiger partial charge in [-0.3, -0.25) is 4.79 Å². The number of alkyl halides is 3. The molecule has 2 bridgehead atoms. The molecule has 2 N–H and O–H groups in total. The van der Waals surface area contributed by atoms with Crippen molar-refractivity contribution in [2.75, 3.05) is 56.5 Å². The van der Waals surface area contributed by atoms with Crippen LogP contribution in [0.4, 0.5) is 28.9 Å². The van der Waals surface area contributed by atoms with Gasteiger partial charge in [-0.25, -0.2) is 14.0 Å². The number of para-hydroxylation sites is 1. The highest BCUT2D eigenvalue weighted by Gasteiger charge is 2.40. The summed E-state index contributed by atoms with van der Waals surface area (Å²) in [6, 6.07) is 12.4. The van der Waals surface area contributed by atoms with Crippen LogP contribution in [-0.4, -0.2) is 98.8 Å². The fourth-order valence-corrected chi connectivity index (χ4v) is 7.84. The quantitative estimate of drug-likeness (QED) is 0.223. The summed E-state index contributed by atoms with van der Waals surface area (Å²) in [5.41, 5.74) is 3.42. The summed E-state index contributed by atoms with van der Waals surface area (Å²) in [6.07, 6.45) is -3.23. The van der Waals surface area contributed by atoms with Gasteiger partial charge in [-0.05, 0) is 44.0 Å². The summed E-state index contributed by atoms with van der Waals surface area (Å²) in [4.78, 5) is 41.4. The van der Waals surface area contributed by atoms with Gasteiger partial charge in [0.05, 0.1) is 65.8 Å². The summed E-state index contributed by atoms with van der Waals surface area (Å²) in [6.45, 7) is 5.85. The summed E-state index contributed by atoms with van der Waals surface area (Å²) < 4.78 is 64.6. The van der Waals surface area contributed by atoms with Crippen LogP contribution in [0.5, 0.6) is 5.75 Å². The number of anilines is 2. The van der Waals surface area contributed by atoms with E-state index in [0.717, 1.165) is 38.2 Å². The van der Waals surface area contributed by atoms with Crippen LogP contribution >= 0.6 is 23.2 Å². The number of aliphatic carboxylic acids is 1. The van der Waals surface area contributed by atoms with Crippen molar-refractivity contribution < 1.29 is 51.3 Å². The van der Waals surface area contributed by atoms with Gasteiger partial charge >= 0.3 is 18.1 Å². The first-order chi connectivity index (χ1) is 25.2. The summed E-state index contributed by atoms with van der Waals surface area (Å²) in [7, 11) is 1.29. The number of carboxylic acids is 1. The van der Waals surface area contributed by atoms with Gasteiger partial charge in [0.25, 0.3) is 5.91 Å². The van der Waals surface area contributed by atoms with Crippen molar-refractivity contribution in [2.24, 2.45) is 0 Å². The number of piperazine rings is 1. The Morgan fingerprint density at radius 1 is 1.02 bits per heavy atom. The molecule has 3 aromatic rings. The summed E-state index contributed by atoms with van der Waals surface area (Å²) in [5, 5.41) is 11.0. The fraction of sp³-hybridized carbons (Fsp3) is 0.417. The highest BCUT2D eigenvalue weighted by Crippen LogP contribution is 2.43. The van der Waals surface area contributed by atoms with Crippen molar-refractivity contribution in [3.63, 3.8) is 0 Å². The lowest BCUT2D eigenvalue weighted by molar-refractivity contribution is -0.192. The molecule has 11 nitrogen and oxygen atoms in total. The maximum absolute atomic E-state index is 15.9. The van der Waals surface area contributed by atoms with Crippen molar-refractivity contribution in [2.45, 2.75) is 50.6 Å². The molecule has 0 spiro atoms. The third-order valence-corrected chi connectivity index (χ3v) is 10.3. The Hall–Kier alpha value is -4.31. The summed E-state index contributed by atoms with van der Waals surface area (Å²) >= 11 is 13.4. The first kappa shape index (κ1) is 38.4. The fourth-order valence-electron chi connectivity index (χ4n) is 7.21. The van der Waals surface area contributed by atoms with E-state index in [0.29, 0.717) is 41.3 Å². The van der Waals surface area contributed by atoms with Gasteiger partial charge < -0.3 is 39.3 Å². The van der Waals surface area contributed by atoms with Crippen LogP contribution in [0.3, 0.4) is 0 Å². The molecule has 17 heteroatoms. The van der Waals surface area contributed by atoms with Crippen LogP contribution in [0.1, 0.15) is 46.0 Å². The van der Waals surface area contributed by atoms with Gasteiger partial charge in [0.1, 0.15) is 11.6 Å². The normalized spacial score (nSPS) is 20.9. The highest BCUT2D eigenvalue weighted by atomic mass is 35.5. The van der Waals surface area contributed by atoms with Crippen molar-refractivity contribution in [3.8, 4) is 16.9 Å². The van der Waals surface area contributed by atoms with Gasteiger partial charge in [-0.1, -0.05) is 41.4 Å². The molecule has 2 unspecified atom stereocenters. The van der Waals surface area contributed by atoms with Crippen LogP contribution in [0.2, 0.25) is 10.0 Å². The first-order valence-electron chi connectivity index (χ1n) is 16.8. The Labute approximate surface area is 312 Å². The van der Waals surface area contributed by atoms with Gasteiger partial charge in [0, 0.05) is 48.1 Å². The topological polar surface area (TPSA) is 121 Å². The number of carbonyl (C=O) groups is 3. The number of carboxylic acid groups (broad SMARTS) is 1. The molecule has 0 aromatic heterocycles. The van der Waals surface area contributed by atoms with Crippen molar-refractivity contribution in [3.05, 3.63) is 75.0 Å². The molecule has 4 heterocycles. The van der Waals surface area contributed by atoms with Gasteiger partial charge in [0.15, 0.2) is 6.73 Å². The van der Waals surface area contributed by atoms with E-state index in [1.807, 2.05) is 6.07 Å². The lowest BCUT2D eigenvalue weighted by Crippen LogP contribution is -2.50. The number of methoxy groups -OCH3 is 1. The molecule has 4 aliphatic rings. The smallest absolute Gasteiger partial charge is 0.475 e. The second kappa shape index (κ2) is 15.6. The van der Waals surface area contributed by atoms with E-state index >= 15 is 4.39 Å². The van der Waals surface area contributed by atoms with E-state index in [2.05, 4.69) is 22.0 Å². The van der Waals surface area contributed by atoms with Crippen LogP contribution in [-0.2, 0) is 20.8 Å². The Kier molecular flexibility index (Phi) is 11.3. The number of halogens is 6. The molecular weight excluding hydrogens is 747 g/mol. The standard InChI is InChI=1S/C34H35Cl2FN4O5.C2HF3O2/c1-19-14-38-8-9-40(19)23-10-27(35)31(28(36)11-23)33(42)39-15-20-4-3-5-24(32(20)46-18-39)25-13-30(26(12-29(25)37)34(43)44-2)41-21-6-7-22(41)17-45-16-21;3-2(4,5)1(6)7/h3-5,10-13,19,21-22,38H,6-9,14-18H2,1-2H3;(H,6,7)/t19-,21?,22?;/m1./s1. The van der Waals surface area contributed by atoms with Gasteiger partial charge in [0.2, 0.25) is 0 Å². The predicted molar refractivity (Wildman–Crippen MR) is 188 cm³/mol. The maximum Gasteiger partial charge on any atom is 0.490 e. The minimum absolute atomic E-state index is 0.0750. The number of esters is 1. The average molecular weight is 784 g/mol. The number of nitrogens with one attached hydrogen (secondary N) is 1. The number of amides is 1. The van der Waals surface area contributed by atoms with Gasteiger partial charge in [-0.15, -0.1) is 0 Å². The monoisotopic (exact) mass is 782 g/mol. The molecule has 3 saturated heterocycles. The lowest BCUT2D eigenvalue weighted by Gasteiger charge is -2.38. The van der Waals surface area contributed by atoms with E-state index in [9.17, 15) is 22.8 Å². The molecule has 53 heavy (non-hydrogen) atoms. The molecule has 3 atom stereocenters. The molecule has 0 radical (unpaired) electrons. The SMILES string of the molecule is COC(=O)c1cc(F)c(-c2cccc3c2OCN(C(=O)c2c(Cl)cc(N4CCNC[C@H]4C)cc2Cl)C3)cc1N1C2CCC1COC2.O=C(O)C(F)(F)F. The van der Waals surface area contributed by atoms with Crippen LogP contribution in [0.15, 0.2) is 42.5 Å². The zero-order valence-electron chi connectivity index (χ0n) is 28.6. The molecule has 1 amide bonds. The second-order valence-corrected chi connectivity index (χ2v) is 13.9. The van der Waals surface area contributed by atoms with Crippen LogP contribution < -0.4 is 19.9 Å². The number of nitrogens with zero attached hydrogens (tertiary/aromatic N) is 3. The Morgan fingerprint density at radius 2 is 1.68 bits per heavy atom. The number of benzene rings is 3. The van der Waals surface area contributed by atoms with Crippen molar-refractivity contribution >= 4 is 52.4 Å². The van der Waals surface area contributed by atoms with Crippen LogP contribution in [0.25, 0.3) is 11.1 Å². The molecule has 7 rings (SSSR count). The molecule has 0 saturated carbocycles. The van der Waals surface area contributed by atoms with Crippen molar-refractivity contribution in [1.82, 2.24) is 10.2 Å². The minimum atomic E-state index is -5.08. The van der Waals surface area contributed by atoms with E-state index in [-0.39, 0.29) is 58.5 Å². The number of hydrogen-bond acceptors (Lipinski definition) is 9. The second-order valence-electron chi connectivity index (χ2n) is 13.1. The minimum Gasteiger partial charge on any atom is -0.475 e. The summed E-state index contributed by atoms with van der Waals surface area (Å²) in [5.74, 6) is -3.80. The number of ether oxygens (including phenoxy) is 3. The van der Waals surface area contributed by atoms with Crippen LogP contribution in [0, 0.1) is 5.82 Å². The number of fused-ring (bicyclic) bond motifs is 3. The van der Waals surface area contributed by atoms with E-state index in [4.69, 9.17) is 47.3 Å². The molecule has 284 valence electrons. The number of morpholine rings is 1. The Balaban J connectivity index is 0.000000626.